The smallest absolute Gasteiger partial charge is 0.462 e. The third kappa shape index (κ3) is 56.6. The first-order valence-corrected chi connectivity index (χ1v) is 30.9. The molecule has 0 aromatic rings. The van der Waals surface area contributed by atoms with E-state index < -0.39 is 26.5 Å². The molecular weight excluding hydrogens is 906 g/mol. The van der Waals surface area contributed by atoms with Gasteiger partial charge in [-0.05, 0) is 83.5 Å². The van der Waals surface area contributed by atoms with E-state index in [1.807, 2.05) is 0 Å². The van der Waals surface area contributed by atoms with Crippen LogP contribution in [0.2, 0.25) is 0 Å². The lowest BCUT2D eigenvalue weighted by Crippen LogP contribution is -2.29. The van der Waals surface area contributed by atoms with Gasteiger partial charge in [0.05, 0.1) is 13.2 Å². The van der Waals surface area contributed by atoms with Crippen LogP contribution in [0.4, 0.5) is 0 Å². The van der Waals surface area contributed by atoms with E-state index in [2.05, 4.69) is 86.8 Å². The van der Waals surface area contributed by atoms with Gasteiger partial charge in [-0.1, -0.05) is 247 Å². The Kier molecular flexibility index (Phi) is 54.7. The van der Waals surface area contributed by atoms with Crippen LogP contribution in [0.5, 0.6) is 0 Å². The number of hydrogen-bond donors (Lipinski definition) is 2. The van der Waals surface area contributed by atoms with Crippen LogP contribution in [0.1, 0.15) is 271 Å². The summed E-state index contributed by atoms with van der Waals surface area (Å²) in [4.78, 5) is 35.2. The molecule has 0 aliphatic carbocycles. The maximum absolute atomic E-state index is 12.7. The van der Waals surface area contributed by atoms with Crippen LogP contribution in [0.3, 0.4) is 0 Å². The van der Waals surface area contributed by atoms with Crippen molar-refractivity contribution in [2.75, 3.05) is 26.4 Å². The van der Waals surface area contributed by atoms with Crippen LogP contribution in [-0.2, 0) is 32.7 Å². The number of carbonyl (C=O) groups excluding carboxylic acids is 2. The number of ether oxygens (including phenoxy) is 2. The number of rotatable bonds is 55. The van der Waals surface area contributed by atoms with E-state index in [-0.39, 0.29) is 38.6 Å². The summed E-state index contributed by atoms with van der Waals surface area (Å²) in [6, 6.07) is 0. The molecule has 0 rings (SSSR count). The van der Waals surface area contributed by atoms with E-state index in [1.165, 1.54) is 161 Å². The minimum Gasteiger partial charge on any atom is -0.462 e. The fraction of sp³-hybridized carbons (Fsp3) is 0.770. The van der Waals surface area contributed by atoms with Crippen molar-refractivity contribution in [1.29, 1.82) is 0 Å². The first-order valence-electron chi connectivity index (χ1n) is 29.4. The topological polar surface area (TPSA) is 134 Å². The summed E-state index contributed by atoms with van der Waals surface area (Å²) in [5.41, 5.74) is 5.38. The summed E-state index contributed by atoms with van der Waals surface area (Å²) >= 11 is 0. The number of nitrogens with two attached hydrogens (primary N) is 1. The van der Waals surface area contributed by atoms with Crippen molar-refractivity contribution < 1.29 is 37.6 Å². The molecule has 0 aromatic carbocycles. The van der Waals surface area contributed by atoms with Crippen LogP contribution in [0.15, 0.2) is 72.9 Å². The van der Waals surface area contributed by atoms with Gasteiger partial charge in [0.25, 0.3) is 0 Å². The Hall–Kier alpha value is -2.55. The van der Waals surface area contributed by atoms with Crippen LogP contribution < -0.4 is 5.73 Å². The predicted molar refractivity (Wildman–Crippen MR) is 302 cm³/mol. The van der Waals surface area contributed by atoms with Crippen LogP contribution in [0.25, 0.3) is 0 Å². The normalized spacial score (nSPS) is 13.6. The molecule has 2 atom stereocenters. The Morgan fingerprint density at radius 2 is 0.775 bits per heavy atom. The molecule has 0 radical (unpaired) electrons. The molecule has 0 spiro atoms. The van der Waals surface area contributed by atoms with E-state index in [9.17, 15) is 19.0 Å². The van der Waals surface area contributed by atoms with Crippen molar-refractivity contribution >= 4 is 19.8 Å². The van der Waals surface area contributed by atoms with Crippen LogP contribution in [0, 0.1) is 0 Å². The third-order valence-corrected chi connectivity index (χ3v) is 13.6. The van der Waals surface area contributed by atoms with Gasteiger partial charge < -0.3 is 20.1 Å². The van der Waals surface area contributed by atoms with Crippen LogP contribution in [-0.4, -0.2) is 49.3 Å². The molecule has 0 bridgehead atoms. The van der Waals surface area contributed by atoms with Gasteiger partial charge in [0.2, 0.25) is 0 Å². The molecule has 10 heteroatoms. The zero-order chi connectivity index (χ0) is 51.7. The second kappa shape index (κ2) is 56.7. The molecule has 2 unspecified atom stereocenters. The second-order valence-corrected chi connectivity index (χ2v) is 20.9. The monoisotopic (exact) mass is 1020 g/mol. The fourth-order valence-electron chi connectivity index (χ4n) is 8.25. The number of hydrogen-bond acceptors (Lipinski definition) is 8. The van der Waals surface area contributed by atoms with Gasteiger partial charge in [-0.2, -0.15) is 0 Å². The third-order valence-electron chi connectivity index (χ3n) is 12.6. The molecule has 412 valence electrons. The highest BCUT2D eigenvalue weighted by Gasteiger charge is 2.26. The fourth-order valence-corrected chi connectivity index (χ4v) is 9.01. The number of allylic oxidation sites excluding steroid dienone is 12. The molecule has 3 N–H and O–H groups in total. The zero-order valence-corrected chi connectivity index (χ0v) is 46.8. The molecule has 0 saturated carbocycles. The molecular formula is C61H110NO8P. The first-order chi connectivity index (χ1) is 34.8. The lowest BCUT2D eigenvalue weighted by atomic mass is 10.0. The van der Waals surface area contributed by atoms with Gasteiger partial charge in [0.15, 0.2) is 6.10 Å². The molecule has 0 aliphatic rings. The van der Waals surface area contributed by atoms with E-state index in [0.29, 0.717) is 6.42 Å². The zero-order valence-electron chi connectivity index (χ0n) is 45.9. The Balaban J connectivity index is 3.98. The lowest BCUT2D eigenvalue weighted by molar-refractivity contribution is -0.161. The maximum Gasteiger partial charge on any atom is 0.472 e. The number of esters is 2. The molecule has 0 saturated heterocycles. The summed E-state index contributed by atoms with van der Waals surface area (Å²) < 4.78 is 33.1. The SMILES string of the molecule is CC/C=C\C/C=C\C/C=C\C/C=C\C/C=C\CCCCCCCCCCCCCC(=O)OC(COC(=O)CCCCCCCCCCCCC/C=C\CCCCCCCCCC)COP(=O)(O)OCCN. The quantitative estimate of drug-likeness (QED) is 0.0264. The molecule has 0 fully saturated rings. The van der Waals surface area contributed by atoms with Gasteiger partial charge >= 0.3 is 19.8 Å². The van der Waals surface area contributed by atoms with Crippen molar-refractivity contribution in [1.82, 2.24) is 0 Å². The second-order valence-electron chi connectivity index (χ2n) is 19.5. The van der Waals surface area contributed by atoms with E-state index in [4.69, 9.17) is 24.3 Å². The van der Waals surface area contributed by atoms with Crippen molar-refractivity contribution in [3.8, 4) is 0 Å². The van der Waals surface area contributed by atoms with Gasteiger partial charge in [-0.15, -0.1) is 0 Å². The first kappa shape index (κ1) is 68.5. The van der Waals surface area contributed by atoms with E-state index >= 15 is 0 Å². The summed E-state index contributed by atoms with van der Waals surface area (Å²) in [6.45, 7) is 3.65. The summed E-state index contributed by atoms with van der Waals surface area (Å²) in [5.74, 6) is -0.826. The average Bonchev–Trinajstić information content (AvgIpc) is 3.36. The van der Waals surface area contributed by atoms with Crippen molar-refractivity contribution in [3.63, 3.8) is 0 Å². The van der Waals surface area contributed by atoms with Crippen molar-refractivity contribution in [2.24, 2.45) is 5.73 Å². The molecule has 0 aromatic heterocycles. The average molecular weight is 1020 g/mol. The number of phosphoric acid groups is 1. The highest BCUT2D eigenvalue weighted by Crippen LogP contribution is 2.43. The van der Waals surface area contributed by atoms with E-state index in [0.717, 1.165) is 77.0 Å². The molecule has 0 heterocycles. The largest absolute Gasteiger partial charge is 0.472 e. The predicted octanol–water partition coefficient (Wildman–Crippen LogP) is 18.5. The Morgan fingerprint density at radius 3 is 1.17 bits per heavy atom. The number of carbonyl (C=O) groups is 2. The molecule has 0 aliphatic heterocycles. The molecule has 0 amide bonds. The Bertz CT molecular complexity index is 1390. The highest BCUT2D eigenvalue weighted by molar-refractivity contribution is 7.47. The van der Waals surface area contributed by atoms with Crippen molar-refractivity contribution in [2.45, 2.75) is 277 Å². The highest BCUT2D eigenvalue weighted by atomic mass is 31.2. The summed E-state index contributed by atoms with van der Waals surface area (Å²) in [6.07, 6.45) is 72.4. The van der Waals surface area contributed by atoms with Crippen molar-refractivity contribution in [3.05, 3.63) is 72.9 Å². The number of unbranched alkanes of at least 4 members (excludes halogenated alkanes) is 30. The Morgan fingerprint density at radius 1 is 0.437 bits per heavy atom. The maximum atomic E-state index is 12.7. The lowest BCUT2D eigenvalue weighted by Gasteiger charge is -2.19. The Labute approximate surface area is 437 Å². The van der Waals surface area contributed by atoms with Gasteiger partial charge in [-0.3, -0.25) is 18.6 Å². The summed E-state index contributed by atoms with van der Waals surface area (Å²) in [7, 11) is -4.39. The molecule has 71 heavy (non-hydrogen) atoms. The molecule has 9 nitrogen and oxygen atoms in total. The van der Waals surface area contributed by atoms with Gasteiger partial charge in [0, 0.05) is 19.4 Å². The standard InChI is InChI=1S/C61H110NO8P/c1-3-5-7-9-11-13-15-17-19-21-23-25-27-28-29-30-32-34-36-38-40-42-44-46-48-50-52-54-61(64)70-59(58-69-71(65,66)68-56-55-62)57-67-60(63)53-51-49-47-45-43-41-39-37-35-33-31-26-24-22-20-18-16-14-12-10-8-6-4-2/h5,7,11,13,17,19,22-25,28-29,59H,3-4,6,8-10,12,14-16,18,20-21,26-27,30-58,62H2,1-2H3,(H,65,66)/b7-5-,13-11-,19-17-,24-22-,25-23-,29-28-. The summed E-state index contributed by atoms with van der Waals surface area (Å²) in [5, 5.41) is 0. The van der Waals surface area contributed by atoms with Gasteiger partial charge in [-0.25, -0.2) is 4.57 Å². The minimum atomic E-state index is -4.39. The van der Waals surface area contributed by atoms with Gasteiger partial charge in [0.1, 0.15) is 6.61 Å². The number of phosphoric ester groups is 1. The van der Waals surface area contributed by atoms with E-state index in [1.54, 1.807) is 0 Å². The minimum absolute atomic E-state index is 0.0509. The van der Waals surface area contributed by atoms with Crippen LogP contribution >= 0.6 is 7.82 Å².